The number of likely N-dealkylation sites (N-methyl/N-ethyl adjacent to an activating group) is 1. The van der Waals surface area contributed by atoms with Gasteiger partial charge in [0.2, 0.25) is 5.89 Å². The quantitative estimate of drug-likeness (QED) is 0.829. The molecule has 1 aliphatic carbocycles. The summed E-state index contributed by atoms with van der Waals surface area (Å²) in [6.45, 7) is 0.905. The SMILES string of the molecule is CNCCc1noc(CC2CCCCC2)n1. The van der Waals surface area contributed by atoms with Crippen molar-refractivity contribution < 1.29 is 4.52 Å². The van der Waals surface area contributed by atoms with Crippen molar-refractivity contribution in [2.24, 2.45) is 5.92 Å². The molecule has 0 saturated heterocycles. The molecular formula is C12H21N3O. The van der Waals surface area contributed by atoms with Crippen LogP contribution in [0.5, 0.6) is 0 Å². The first-order chi connectivity index (χ1) is 7.88. The van der Waals surface area contributed by atoms with Gasteiger partial charge in [0.25, 0.3) is 0 Å². The maximum Gasteiger partial charge on any atom is 0.226 e. The first-order valence-corrected chi connectivity index (χ1v) is 6.34. The van der Waals surface area contributed by atoms with E-state index in [4.69, 9.17) is 4.52 Å². The van der Waals surface area contributed by atoms with Crippen LogP contribution in [0, 0.1) is 5.92 Å². The van der Waals surface area contributed by atoms with E-state index < -0.39 is 0 Å². The topological polar surface area (TPSA) is 51.0 Å². The number of aromatic nitrogens is 2. The third-order valence-electron chi connectivity index (χ3n) is 3.30. The summed E-state index contributed by atoms with van der Waals surface area (Å²) >= 11 is 0. The lowest BCUT2D eigenvalue weighted by Gasteiger charge is -2.19. The van der Waals surface area contributed by atoms with Crippen molar-refractivity contribution in [2.75, 3.05) is 13.6 Å². The van der Waals surface area contributed by atoms with Crippen LogP contribution in [0.15, 0.2) is 4.52 Å². The minimum Gasteiger partial charge on any atom is -0.339 e. The second-order valence-electron chi connectivity index (χ2n) is 4.67. The van der Waals surface area contributed by atoms with Crippen molar-refractivity contribution in [3.8, 4) is 0 Å². The molecule has 1 saturated carbocycles. The zero-order valence-corrected chi connectivity index (χ0v) is 10.0. The molecule has 1 heterocycles. The van der Waals surface area contributed by atoms with E-state index in [0.717, 1.165) is 37.0 Å². The Kier molecular flexibility index (Phi) is 4.34. The summed E-state index contributed by atoms with van der Waals surface area (Å²) in [6.07, 6.45) is 8.62. The highest BCUT2D eigenvalue weighted by Gasteiger charge is 2.17. The van der Waals surface area contributed by atoms with Crippen molar-refractivity contribution in [2.45, 2.75) is 44.9 Å². The zero-order chi connectivity index (χ0) is 11.2. The Morgan fingerprint density at radius 3 is 2.88 bits per heavy atom. The fourth-order valence-corrected chi connectivity index (χ4v) is 2.35. The van der Waals surface area contributed by atoms with E-state index in [1.165, 1.54) is 32.1 Å². The summed E-state index contributed by atoms with van der Waals surface area (Å²) in [7, 11) is 1.93. The van der Waals surface area contributed by atoms with Crippen LogP contribution < -0.4 is 5.32 Å². The Balaban J connectivity index is 1.81. The zero-order valence-electron chi connectivity index (χ0n) is 10.0. The summed E-state index contributed by atoms with van der Waals surface area (Å²) in [4.78, 5) is 4.42. The Hall–Kier alpha value is -0.900. The highest BCUT2D eigenvalue weighted by atomic mass is 16.5. The molecule has 0 spiro atoms. The first kappa shape index (κ1) is 11.6. The summed E-state index contributed by atoms with van der Waals surface area (Å²) in [6, 6.07) is 0. The summed E-state index contributed by atoms with van der Waals surface area (Å²) in [5, 5.41) is 7.08. The molecule has 0 aromatic carbocycles. The van der Waals surface area contributed by atoms with Gasteiger partial charge in [0.15, 0.2) is 5.82 Å². The van der Waals surface area contributed by atoms with Gasteiger partial charge in [0.05, 0.1) is 0 Å². The summed E-state index contributed by atoms with van der Waals surface area (Å²) < 4.78 is 5.28. The molecule has 1 aliphatic rings. The maximum absolute atomic E-state index is 5.28. The highest BCUT2D eigenvalue weighted by molar-refractivity contribution is 4.89. The normalized spacial score (nSPS) is 17.8. The van der Waals surface area contributed by atoms with Gasteiger partial charge < -0.3 is 9.84 Å². The number of nitrogens with one attached hydrogen (secondary N) is 1. The van der Waals surface area contributed by atoms with E-state index in [9.17, 15) is 0 Å². The molecule has 0 amide bonds. The second-order valence-corrected chi connectivity index (χ2v) is 4.67. The second kappa shape index (κ2) is 5.99. The van der Waals surface area contributed by atoms with Gasteiger partial charge >= 0.3 is 0 Å². The van der Waals surface area contributed by atoms with Crippen LogP contribution in [-0.2, 0) is 12.8 Å². The molecule has 4 heteroatoms. The molecule has 1 aromatic rings. The molecule has 0 atom stereocenters. The standard InChI is InChI=1S/C12H21N3O/c1-13-8-7-11-14-12(16-15-11)9-10-5-3-2-4-6-10/h10,13H,2-9H2,1H3. The van der Waals surface area contributed by atoms with Crippen LogP contribution in [0.1, 0.15) is 43.8 Å². The van der Waals surface area contributed by atoms with Crippen molar-refractivity contribution >= 4 is 0 Å². The Labute approximate surface area is 96.8 Å². The minimum atomic E-state index is 0.770. The molecule has 4 nitrogen and oxygen atoms in total. The van der Waals surface area contributed by atoms with Crippen LogP contribution in [-0.4, -0.2) is 23.7 Å². The molecular weight excluding hydrogens is 202 g/mol. The van der Waals surface area contributed by atoms with Gasteiger partial charge in [-0.05, 0) is 25.8 Å². The van der Waals surface area contributed by atoms with E-state index >= 15 is 0 Å². The van der Waals surface area contributed by atoms with E-state index in [1.807, 2.05) is 7.05 Å². The van der Waals surface area contributed by atoms with Crippen LogP contribution >= 0.6 is 0 Å². The Morgan fingerprint density at radius 2 is 2.12 bits per heavy atom. The van der Waals surface area contributed by atoms with E-state index in [1.54, 1.807) is 0 Å². The van der Waals surface area contributed by atoms with Gasteiger partial charge in [-0.15, -0.1) is 0 Å². The van der Waals surface area contributed by atoms with E-state index in [-0.39, 0.29) is 0 Å². The highest BCUT2D eigenvalue weighted by Crippen LogP contribution is 2.26. The average molecular weight is 223 g/mol. The van der Waals surface area contributed by atoms with Gasteiger partial charge in [-0.3, -0.25) is 0 Å². The molecule has 0 bridgehead atoms. The van der Waals surface area contributed by atoms with Crippen molar-refractivity contribution in [1.29, 1.82) is 0 Å². The lowest BCUT2D eigenvalue weighted by molar-refractivity contribution is 0.303. The largest absolute Gasteiger partial charge is 0.339 e. The summed E-state index contributed by atoms with van der Waals surface area (Å²) in [5.74, 6) is 2.43. The van der Waals surface area contributed by atoms with Crippen LogP contribution in [0.2, 0.25) is 0 Å². The van der Waals surface area contributed by atoms with Gasteiger partial charge in [-0.1, -0.05) is 24.4 Å². The van der Waals surface area contributed by atoms with E-state index in [0.29, 0.717) is 0 Å². The molecule has 0 unspecified atom stereocenters. The van der Waals surface area contributed by atoms with Crippen LogP contribution in [0.4, 0.5) is 0 Å². The number of rotatable bonds is 5. The fraction of sp³-hybridized carbons (Fsp3) is 0.833. The molecule has 1 N–H and O–H groups in total. The van der Waals surface area contributed by atoms with E-state index in [2.05, 4.69) is 15.5 Å². The van der Waals surface area contributed by atoms with Crippen LogP contribution in [0.25, 0.3) is 0 Å². The van der Waals surface area contributed by atoms with Crippen molar-refractivity contribution in [3.63, 3.8) is 0 Å². The predicted octanol–water partition coefficient (Wildman–Crippen LogP) is 1.95. The summed E-state index contributed by atoms with van der Waals surface area (Å²) in [5.41, 5.74) is 0. The fourth-order valence-electron chi connectivity index (χ4n) is 2.35. The lowest BCUT2D eigenvalue weighted by Crippen LogP contribution is -2.11. The average Bonchev–Trinajstić information content (AvgIpc) is 2.75. The number of nitrogens with zero attached hydrogens (tertiary/aromatic N) is 2. The van der Waals surface area contributed by atoms with Gasteiger partial charge in [-0.2, -0.15) is 4.98 Å². The molecule has 90 valence electrons. The Bertz CT molecular complexity index is 305. The predicted molar refractivity (Wildman–Crippen MR) is 62.2 cm³/mol. The molecule has 2 rings (SSSR count). The maximum atomic E-state index is 5.28. The van der Waals surface area contributed by atoms with Gasteiger partial charge in [0, 0.05) is 19.4 Å². The lowest BCUT2D eigenvalue weighted by atomic mass is 9.87. The molecule has 16 heavy (non-hydrogen) atoms. The van der Waals surface area contributed by atoms with Crippen LogP contribution in [0.3, 0.4) is 0 Å². The smallest absolute Gasteiger partial charge is 0.226 e. The van der Waals surface area contributed by atoms with Gasteiger partial charge in [-0.25, -0.2) is 0 Å². The third kappa shape index (κ3) is 3.30. The Morgan fingerprint density at radius 1 is 1.31 bits per heavy atom. The number of hydrogen-bond donors (Lipinski definition) is 1. The van der Waals surface area contributed by atoms with Gasteiger partial charge in [0.1, 0.15) is 0 Å². The van der Waals surface area contributed by atoms with Crippen molar-refractivity contribution in [1.82, 2.24) is 15.5 Å². The molecule has 1 aromatic heterocycles. The monoisotopic (exact) mass is 223 g/mol. The number of hydrogen-bond acceptors (Lipinski definition) is 4. The molecule has 0 radical (unpaired) electrons. The first-order valence-electron chi connectivity index (χ1n) is 6.34. The molecule has 0 aliphatic heterocycles. The molecule has 1 fully saturated rings. The third-order valence-corrected chi connectivity index (χ3v) is 3.30. The van der Waals surface area contributed by atoms with Crippen molar-refractivity contribution in [3.05, 3.63) is 11.7 Å². The minimum absolute atomic E-state index is 0.770.